The Morgan fingerprint density at radius 1 is 0.515 bits per heavy atom. The van der Waals surface area contributed by atoms with E-state index >= 15 is 0 Å². The molecule has 3 nitrogen and oxygen atoms in total. The van der Waals surface area contributed by atoms with Gasteiger partial charge in [0.05, 0.1) is 16.1 Å². The highest BCUT2D eigenvalue weighted by Gasteiger charge is 2.40. The van der Waals surface area contributed by atoms with Gasteiger partial charge in [0.25, 0.3) is 0 Å². The van der Waals surface area contributed by atoms with E-state index < -0.39 is 25.0 Å². The number of hydrogen-bond donors (Lipinski definition) is 0. The van der Waals surface area contributed by atoms with Gasteiger partial charge in [-0.05, 0) is 6.04 Å². The van der Waals surface area contributed by atoms with E-state index in [1.807, 2.05) is 0 Å². The first-order valence-corrected chi connectivity index (χ1v) is 21.8. The molecule has 0 aliphatic carbocycles. The van der Waals surface area contributed by atoms with Gasteiger partial charge in [0.15, 0.2) is 0 Å². The summed E-state index contributed by atoms with van der Waals surface area (Å²) >= 11 is 0. The molecule has 0 saturated heterocycles. The largest absolute Gasteiger partial charge is 0.499 e. The van der Waals surface area contributed by atoms with Crippen LogP contribution >= 0.6 is 0 Å². The van der Waals surface area contributed by atoms with Gasteiger partial charge in [0.2, 0.25) is 0 Å². The van der Waals surface area contributed by atoms with Crippen molar-refractivity contribution in [2.45, 2.75) is 115 Å². The topological polar surface area (TPSA) is 27.7 Å². The summed E-state index contributed by atoms with van der Waals surface area (Å²) in [7, 11) is -0.278. The molecule has 0 N–H and O–H groups in total. The van der Waals surface area contributed by atoms with Crippen LogP contribution in [0.25, 0.3) is 0 Å². The van der Waals surface area contributed by atoms with E-state index in [-0.39, 0.29) is 0 Å². The van der Waals surface area contributed by atoms with Gasteiger partial charge in [-0.25, -0.2) is 0 Å². The average molecular weight is 511 g/mol. The van der Waals surface area contributed by atoms with Crippen molar-refractivity contribution in [2.75, 3.05) is 21.3 Å². The molecule has 1 aromatic carbocycles. The van der Waals surface area contributed by atoms with Crippen LogP contribution in [0.2, 0.25) is 44.3 Å². The van der Waals surface area contributed by atoms with Crippen molar-refractivity contribution >= 4 is 35.3 Å². The second-order valence-corrected chi connectivity index (χ2v) is 23.9. The van der Waals surface area contributed by atoms with Crippen LogP contribution in [0.1, 0.15) is 71.1 Å². The first-order valence-electron chi connectivity index (χ1n) is 13.4. The first kappa shape index (κ1) is 30.8. The molecular formula is C27H54O3Si3. The van der Waals surface area contributed by atoms with Crippen LogP contribution < -0.4 is 10.4 Å². The van der Waals surface area contributed by atoms with Gasteiger partial charge in [0, 0.05) is 27.4 Å². The van der Waals surface area contributed by atoms with Crippen molar-refractivity contribution in [1.82, 2.24) is 0 Å². The fraction of sp³-hybridized carbons (Fsp3) is 0.778. The molecule has 0 fully saturated rings. The maximum Gasteiger partial charge on any atom is 0.499 e. The van der Waals surface area contributed by atoms with Gasteiger partial charge < -0.3 is 13.3 Å². The number of benzene rings is 1. The van der Waals surface area contributed by atoms with Crippen LogP contribution in [0.15, 0.2) is 24.3 Å². The zero-order chi connectivity index (χ0) is 24.8. The van der Waals surface area contributed by atoms with E-state index in [0.717, 1.165) is 12.1 Å². The standard InChI is InChI=1S/C27H54O3Si3/c1-9-10-11-12-13-14-15-16-17-18-23-31(5,6)26-19-21-27(22-20-26)32(7,8)24-25-33(28-2,29-3)30-4/h19-22H,9-18,23-25H2,1-8H3. The minimum atomic E-state index is -2.49. The quantitative estimate of drug-likeness (QED) is 0.144. The minimum Gasteiger partial charge on any atom is -0.377 e. The van der Waals surface area contributed by atoms with E-state index in [4.69, 9.17) is 13.3 Å². The van der Waals surface area contributed by atoms with E-state index in [0.29, 0.717) is 0 Å². The van der Waals surface area contributed by atoms with Gasteiger partial charge >= 0.3 is 8.80 Å². The van der Waals surface area contributed by atoms with Crippen molar-refractivity contribution in [3.8, 4) is 0 Å². The summed E-state index contributed by atoms with van der Waals surface area (Å²) in [6.07, 6.45) is 14.2. The summed E-state index contributed by atoms with van der Waals surface area (Å²) in [4.78, 5) is 0. The average Bonchev–Trinajstić information content (AvgIpc) is 2.81. The molecule has 0 spiro atoms. The Morgan fingerprint density at radius 3 is 1.27 bits per heavy atom. The summed E-state index contributed by atoms with van der Waals surface area (Å²) < 4.78 is 16.9. The highest BCUT2D eigenvalue weighted by Crippen LogP contribution is 2.22. The van der Waals surface area contributed by atoms with E-state index in [9.17, 15) is 0 Å². The number of unbranched alkanes of at least 4 members (excludes halogenated alkanes) is 9. The molecule has 0 amide bonds. The first-order chi connectivity index (χ1) is 15.7. The van der Waals surface area contributed by atoms with Crippen molar-refractivity contribution < 1.29 is 13.3 Å². The van der Waals surface area contributed by atoms with Crippen molar-refractivity contribution in [3.05, 3.63) is 24.3 Å². The predicted octanol–water partition coefficient (Wildman–Crippen LogP) is 7.32. The normalized spacial score (nSPS) is 13.0. The maximum absolute atomic E-state index is 5.64. The summed E-state index contributed by atoms with van der Waals surface area (Å²) in [5.74, 6) is 0. The number of rotatable bonds is 19. The predicted molar refractivity (Wildman–Crippen MR) is 154 cm³/mol. The molecule has 0 aliphatic rings. The third-order valence-corrected chi connectivity index (χ3v) is 17.7. The molecule has 0 radical (unpaired) electrons. The lowest BCUT2D eigenvalue weighted by atomic mass is 10.1. The fourth-order valence-corrected chi connectivity index (χ4v) is 13.4. The van der Waals surface area contributed by atoms with Crippen LogP contribution in [0, 0.1) is 0 Å². The molecule has 0 unspecified atom stereocenters. The van der Waals surface area contributed by atoms with Gasteiger partial charge in [-0.3, -0.25) is 0 Å². The Balaban J connectivity index is 2.48. The van der Waals surface area contributed by atoms with Gasteiger partial charge in [-0.15, -0.1) is 0 Å². The summed E-state index contributed by atoms with van der Waals surface area (Å²) in [5.41, 5.74) is 0. The second kappa shape index (κ2) is 15.7. The lowest BCUT2D eigenvalue weighted by molar-refractivity contribution is 0.125. The van der Waals surface area contributed by atoms with Gasteiger partial charge in [0.1, 0.15) is 0 Å². The third-order valence-electron chi connectivity index (χ3n) is 7.59. The summed E-state index contributed by atoms with van der Waals surface area (Å²) in [6.45, 7) is 12.3. The molecule has 0 heterocycles. The van der Waals surface area contributed by atoms with Crippen molar-refractivity contribution in [1.29, 1.82) is 0 Å². The monoisotopic (exact) mass is 510 g/mol. The molecular weight excluding hydrogens is 457 g/mol. The Bertz CT molecular complexity index is 620. The van der Waals surface area contributed by atoms with Crippen molar-refractivity contribution in [2.24, 2.45) is 0 Å². The zero-order valence-corrected chi connectivity index (χ0v) is 26.2. The lowest BCUT2D eigenvalue weighted by Gasteiger charge is -2.30. The zero-order valence-electron chi connectivity index (χ0n) is 23.2. The van der Waals surface area contributed by atoms with Gasteiger partial charge in [-0.2, -0.15) is 0 Å². The molecule has 0 bridgehead atoms. The molecule has 192 valence electrons. The Morgan fingerprint density at radius 2 is 0.879 bits per heavy atom. The molecule has 0 saturated carbocycles. The van der Waals surface area contributed by atoms with Crippen molar-refractivity contribution in [3.63, 3.8) is 0 Å². The lowest BCUT2D eigenvalue weighted by Crippen LogP contribution is -2.48. The SMILES string of the molecule is CCCCCCCCCCCC[Si](C)(C)c1ccc([Si](C)(C)CC[Si](OC)(OC)OC)cc1. The molecule has 0 aliphatic heterocycles. The van der Waals surface area contributed by atoms with Crippen LogP contribution in [-0.4, -0.2) is 46.3 Å². The highest BCUT2D eigenvalue weighted by atomic mass is 28.4. The summed E-state index contributed by atoms with van der Waals surface area (Å²) in [6, 6.07) is 13.1. The third kappa shape index (κ3) is 10.9. The minimum absolute atomic E-state index is 0.885. The van der Waals surface area contributed by atoms with E-state index in [2.05, 4.69) is 57.4 Å². The molecule has 1 aromatic rings. The molecule has 0 atom stereocenters. The van der Waals surface area contributed by atoms with Crippen LogP contribution in [0.3, 0.4) is 0 Å². The van der Waals surface area contributed by atoms with E-state index in [1.54, 1.807) is 26.5 Å². The maximum atomic E-state index is 5.64. The van der Waals surface area contributed by atoms with Crippen LogP contribution in [-0.2, 0) is 13.3 Å². The smallest absolute Gasteiger partial charge is 0.377 e. The molecule has 1 rings (SSSR count). The Labute approximate surface area is 209 Å². The Kier molecular flexibility index (Phi) is 14.6. The fourth-order valence-electron chi connectivity index (χ4n) is 4.74. The van der Waals surface area contributed by atoms with Crippen LogP contribution in [0.5, 0.6) is 0 Å². The molecule has 6 heteroatoms. The van der Waals surface area contributed by atoms with E-state index in [1.165, 1.54) is 75.4 Å². The number of hydrogen-bond acceptors (Lipinski definition) is 3. The molecule has 33 heavy (non-hydrogen) atoms. The van der Waals surface area contributed by atoms with Crippen LogP contribution in [0.4, 0.5) is 0 Å². The van der Waals surface area contributed by atoms with Gasteiger partial charge in [-0.1, -0.05) is 138 Å². The molecule has 0 aromatic heterocycles. The Hall–Kier alpha value is -0.249. The summed E-state index contributed by atoms with van der Waals surface area (Å²) in [5, 5.41) is 3.14. The second-order valence-electron chi connectivity index (χ2n) is 11.1. The highest BCUT2D eigenvalue weighted by molar-refractivity contribution is 6.91.